The molecule has 4 bridgehead atoms. The number of piperazine rings is 1. The van der Waals surface area contributed by atoms with E-state index in [1.54, 1.807) is 0 Å². The minimum atomic E-state index is 0.0534. The van der Waals surface area contributed by atoms with Crippen molar-refractivity contribution in [3.63, 3.8) is 0 Å². The van der Waals surface area contributed by atoms with Gasteiger partial charge >= 0.3 is 0 Å². The Morgan fingerprint density at radius 3 is 2.13 bits per heavy atom. The lowest BCUT2D eigenvalue weighted by Crippen LogP contribution is -2.63. The van der Waals surface area contributed by atoms with Crippen molar-refractivity contribution in [2.45, 2.75) is 57.0 Å². The molecule has 0 spiro atoms. The Balaban J connectivity index is 1.20. The molecule has 0 unspecified atom stereocenters. The molecule has 0 aromatic heterocycles. The van der Waals surface area contributed by atoms with Crippen LogP contribution in [-0.4, -0.2) is 65.4 Å². The maximum atomic E-state index is 13.6. The largest absolute Gasteiger partial charge is 0.335 e. The Morgan fingerprint density at radius 1 is 0.968 bits per heavy atom. The first kappa shape index (κ1) is 21.0. The van der Waals surface area contributed by atoms with Crippen LogP contribution in [0.15, 0.2) is 30.3 Å². The van der Waals surface area contributed by atoms with Gasteiger partial charge in [0.2, 0.25) is 5.91 Å². The summed E-state index contributed by atoms with van der Waals surface area (Å²) in [5, 5.41) is 9.25. The van der Waals surface area contributed by atoms with Gasteiger partial charge in [0.25, 0.3) is 0 Å². The first-order valence-corrected chi connectivity index (χ1v) is 12.3. The van der Waals surface area contributed by atoms with Crippen LogP contribution in [0.2, 0.25) is 0 Å². The molecular weight excluding hydrogens is 384 g/mol. The molecule has 5 fully saturated rings. The van der Waals surface area contributed by atoms with E-state index in [0.717, 1.165) is 50.5 Å². The highest BCUT2D eigenvalue weighted by molar-refractivity contribution is 5.79. The highest BCUT2D eigenvalue weighted by atomic mass is 16.2. The van der Waals surface area contributed by atoms with Crippen molar-refractivity contribution in [2.75, 3.05) is 39.3 Å². The monoisotopic (exact) mass is 420 g/mol. The van der Waals surface area contributed by atoms with Crippen LogP contribution in [0, 0.1) is 29.1 Å². The molecule has 1 amide bonds. The third-order valence-electron chi connectivity index (χ3n) is 8.40. The van der Waals surface area contributed by atoms with Crippen LogP contribution in [0.3, 0.4) is 0 Å². The highest BCUT2D eigenvalue weighted by Gasteiger charge is 2.54. The van der Waals surface area contributed by atoms with E-state index in [2.05, 4.69) is 51.1 Å². The van der Waals surface area contributed by atoms with Crippen molar-refractivity contribution in [3.8, 4) is 6.07 Å². The summed E-state index contributed by atoms with van der Waals surface area (Å²) < 4.78 is 0. The van der Waals surface area contributed by atoms with E-state index in [9.17, 15) is 10.1 Å². The van der Waals surface area contributed by atoms with E-state index in [4.69, 9.17) is 0 Å². The van der Waals surface area contributed by atoms with Crippen molar-refractivity contribution in [1.29, 1.82) is 5.26 Å². The summed E-state index contributed by atoms with van der Waals surface area (Å²) in [4.78, 5) is 20.6. The van der Waals surface area contributed by atoms with Crippen molar-refractivity contribution >= 4 is 5.91 Å². The topological polar surface area (TPSA) is 50.6 Å². The average molecular weight is 421 g/mol. The summed E-state index contributed by atoms with van der Waals surface area (Å²) in [6.07, 6.45) is 8.14. The van der Waals surface area contributed by atoms with Gasteiger partial charge in [0, 0.05) is 44.8 Å². The van der Waals surface area contributed by atoms with E-state index >= 15 is 0 Å². The molecule has 1 aromatic carbocycles. The van der Waals surface area contributed by atoms with Crippen LogP contribution in [0.4, 0.5) is 0 Å². The third-order valence-corrected chi connectivity index (χ3v) is 8.40. The smallest absolute Gasteiger partial charge is 0.237 e. The van der Waals surface area contributed by atoms with Crippen molar-refractivity contribution < 1.29 is 4.79 Å². The second kappa shape index (κ2) is 8.92. The van der Waals surface area contributed by atoms with E-state index < -0.39 is 0 Å². The molecule has 0 atom stereocenters. The minimum Gasteiger partial charge on any atom is -0.335 e. The van der Waals surface area contributed by atoms with Gasteiger partial charge in [-0.15, -0.1) is 0 Å². The summed E-state index contributed by atoms with van der Waals surface area (Å²) in [6, 6.07) is 12.9. The summed E-state index contributed by atoms with van der Waals surface area (Å²) in [7, 11) is 0. The first-order chi connectivity index (χ1) is 15.1. The van der Waals surface area contributed by atoms with Crippen LogP contribution in [0.1, 0.15) is 50.5 Å². The van der Waals surface area contributed by atoms with Gasteiger partial charge in [-0.25, -0.2) is 0 Å². The number of carbonyl (C=O) groups excluding carboxylic acids is 1. The number of rotatable bonds is 7. The van der Waals surface area contributed by atoms with Crippen LogP contribution >= 0.6 is 0 Å². The zero-order chi connectivity index (χ0) is 21.3. The molecule has 6 rings (SSSR count). The van der Waals surface area contributed by atoms with Gasteiger partial charge in [0.05, 0.1) is 19.0 Å². The summed E-state index contributed by atoms with van der Waals surface area (Å²) >= 11 is 0. The summed E-state index contributed by atoms with van der Waals surface area (Å²) in [5.41, 5.74) is 1.41. The minimum absolute atomic E-state index is 0.0534. The van der Waals surface area contributed by atoms with Crippen LogP contribution in [-0.2, 0) is 11.3 Å². The van der Waals surface area contributed by atoms with Crippen LogP contribution in [0.25, 0.3) is 0 Å². The fourth-order valence-corrected chi connectivity index (χ4v) is 7.41. The predicted octanol–water partition coefficient (Wildman–Crippen LogP) is 3.52. The maximum Gasteiger partial charge on any atom is 0.237 e. The van der Waals surface area contributed by atoms with Gasteiger partial charge in [-0.05, 0) is 61.8 Å². The Bertz CT molecular complexity index is 773. The molecule has 1 aromatic rings. The highest BCUT2D eigenvalue weighted by Crippen LogP contribution is 2.57. The quantitative estimate of drug-likeness (QED) is 0.677. The Morgan fingerprint density at radius 2 is 1.55 bits per heavy atom. The molecule has 1 aliphatic heterocycles. The normalized spacial score (nSPS) is 32.7. The van der Waals surface area contributed by atoms with Crippen molar-refractivity contribution in [3.05, 3.63) is 35.9 Å². The van der Waals surface area contributed by atoms with E-state index in [-0.39, 0.29) is 11.4 Å². The average Bonchev–Trinajstić information content (AvgIpc) is 2.75. The van der Waals surface area contributed by atoms with E-state index in [0.29, 0.717) is 19.5 Å². The molecule has 5 nitrogen and oxygen atoms in total. The zero-order valence-electron chi connectivity index (χ0n) is 18.7. The summed E-state index contributed by atoms with van der Waals surface area (Å²) in [6.45, 7) is 6.05. The molecule has 5 heteroatoms. The fraction of sp³-hybridized carbons (Fsp3) is 0.692. The number of nitriles is 1. The zero-order valence-corrected chi connectivity index (χ0v) is 18.7. The number of hydrogen-bond donors (Lipinski definition) is 0. The molecule has 0 radical (unpaired) electrons. The van der Waals surface area contributed by atoms with E-state index in [1.807, 2.05) is 0 Å². The molecule has 5 aliphatic rings. The number of nitrogens with zero attached hydrogens (tertiary/aromatic N) is 4. The molecule has 4 aliphatic carbocycles. The van der Waals surface area contributed by atoms with Gasteiger partial charge in [0.15, 0.2) is 0 Å². The van der Waals surface area contributed by atoms with Crippen molar-refractivity contribution in [1.82, 2.24) is 14.7 Å². The van der Waals surface area contributed by atoms with Gasteiger partial charge in [0.1, 0.15) is 0 Å². The van der Waals surface area contributed by atoms with Crippen LogP contribution in [0.5, 0.6) is 0 Å². The number of hydrogen-bond acceptors (Lipinski definition) is 4. The van der Waals surface area contributed by atoms with Gasteiger partial charge in [-0.1, -0.05) is 30.3 Å². The second-order valence-corrected chi connectivity index (χ2v) is 10.6. The Hall–Kier alpha value is -1.90. The standard InChI is InChI=1S/C26H36N4O/c27-7-4-8-30(26-16-22-13-23(17-26)15-24(14-22)18-26)25(31)20-29-11-9-28(10-12-29)19-21-5-2-1-3-6-21/h1-3,5-6,22-24H,4,8-20H2. The molecule has 4 saturated carbocycles. The van der Waals surface area contributed by atoms with Gasteiger partial charge in [-0.3, -0.25) is 14.6 Å². The van der Waals surface area contributed by atoms with Crippen LogP contribution < -0.4 is 0 Å². The predicted molar refractivity (Wildman–Crippen MR) is 121 cm³/mol. The lowest BCUT2D eigenvalue weighted by molar-refractivity contribution is -0.152. The third kappa shape index (κ3) is 4.52. The second-order valence-electron chi connectivity index (χ2n) is 10.6. The Labute approximate surface area is 187 Å². The Kier molecular flexibility index (Phi) is 6.03. The number of benzene rings is 1. The molecule has 1 heterocycles. The number of amides is 1. The molecule has 166 valence electrons. The molecular formula is C26H36N4O. The lowest BCUT2D eigenvalue weighted by atomic mass is 9.52. The van der Waals surface area contributed by atoms with E-state index in [1.165, 1.54) is 44.1 Å². The molecule has 0 N–H and O–H groups in total. The molecule has 1 saturated heterocycles. The van der Waals surface area contributed by atoms with Gasteiger partial charge in [-0.2, -0.15) is 5.26 Å². The maximum absolute atomic E-state index is 13.6. The van der Waals surface area contributed by atoms with Crippen molar-refractivity contribution in [2.24, 2.45) is 17.8 Å². The lowest BCUT2D eigenvalue weighted by Gasteiger charge is -2.60. The number of carbonyl (C=O) groups is 1. The summed E-state index contributed by atoms with van der Waals surface area (Å²) in [5.74, 6) is 2.70. The SMILES string of the molecule is N#CCCN(C(=O)CN1CCN(Cc2ccccc2)CC1)C12CC3CC(CC(C3)C1)C2. The van der Waals surface area contributed by atoms with Gasteiger partial charge < -0.3 is 4.90 Å². The fourth-order valence-electron chi connectivity index (χ4n) is 7.41. The molecule has 31 heavy (non-hydrogen) atoms. The first-order valence-electron chi connectivity index (χ1n) is 12.3.